The second-order valence-corrected chi connectivity index (χ2v) is 6.58. The Bertz CT molecular complexity index is 793. The molecule has 0 saturated carbocycles. The number of hydrogen-bond acceptors (Lipinski definition) is 6. The molecule has 2 aromatic rings. The van der Waals surface area contributed by atoms with E-state index in [-0.39, 0.29) is 5.97 Å². The van der Waals surface area contributed by atoms with Crippen LogP contribution in [0.1, 0.15) is 29.7 Å². The van der Waals surface area contributed by atoms with Gasteiger partial charge in [-0.25, -0.2) is 9.97 Å². The Labute approximate surface area is 146 Å². The Hall–Kier alpha value is -2.63. The van der Waals surface area contributed by atoms with Crippen molar-refractivity contribution in [1.82, 2.24) is 9.97 Å². The van der Waals surface area contributed by atoms with Crippen molar-refractivity contribution in [2.24, 2.45) is 5.92 Å². The third-order valence-electron chi connectivity index (χ3n) is 4.98. The van der Waals surface area contributed by atoms with E-state index in [0.717, 1.165) is 54.3 Å². The lowest BCUT2D eigenvalue weighted by atomic mass is 10.0. The van der Waals surface area contributed by atoms with Crippen molar-refractivity contribution in [2.75, 3.05) is 25.1 Å². The molecule has 6 heteroatoms. The van der Waals surface area contributed by atoms with Crippen molar-refractivity contribution in [1.29, 1.82) is 0 Å². The number of fused-ring (bicyclic) bond motifs is 2. The highest BCUT2D eigenvalue weighted by Crippen LogP contribution is 2.33. The van der Waals surface area contributed by atoms with Gasteiger partial charge in [0.15, 0.2) is 0 Å². The molecule has 0 bridgehead atoms. The second-order valence-electron chi connectivity index (χ2n) is 6.58. The molecule has 2 aliphatic rings. The molecule has 0 amide bonds. The topological polar surface area (TPSA) is 64.5 Å². The molecule has 0 radical (unpaired) electrons. The maximum absolute atomic E-state index is 11.5. The highest BCUT2D eigenvalue weighted by atomic mass is 16.5. The zero-order valence-corrected chi connectivity index (χ0v) is 14.3. The first-order valence-electron chi connectivity index (χ1n) is 8.60. The summed E-state index contributed by atoms with van der Waals surface area (Å²) < 4.78 is 10.7. The summed E-state index contributed by atoms with van der Waals surface area (Å²) in [5, 5.41) is 0. The quantitative estimate of drug-likeness (QED) is 0.800. The van der Waals surface area contributed by atoms with Crippen molar-refractivity contribution in [3.05, 3.63) is 47.4 Å². The van der Waals surface area contributed by atoms with Crippen molar-refractivity contribution < 1.29 is 14.3 Å². The number of esters is 1. The predicted molar refractivity (Wildman–Crippen MR) is 92.6 cm³/mol. The van der Waals surface area contributed by atoms with Crippen LogP contribution in [0.2, 0.25) is 0 Å². The fourth-order valence-electron chi connectivity index (χ4n) is 3.65. The molecule has 25 heavy (non-hydrogen) atoms. The van der Waals surface area contributed by atoms with Crippen LogP contribution in [-0.4, -0.2) is 36.1 Å². The monoisotopic (exact) mass is 339 g/mol. The molecule has 2 aliphatic heterocycles. The van der Waals surface area contributed by atoms with E-state index in [2.05, 4.69) is 20.9 Å². The molecule has 0 spiro atoms. The normalized spacial score (nSPS) is 18.8. The molecule has 1 fully saturated rings. The van der Waals surface area contributed by atoms with Crippen LogP contribution in [0.25, 0.3) is 0 Å². The molecule has 1 aromatic heterocycles. The Morgan fingerprint density at radius 1 is 1.36 bits per heavy atom. The SMILES string of the molecule is COC(=O)C[C@H]1CCN(c2ncnc3c2Cc2ccccc2OC3)C1. The molecule has 4 rings (SSSR count). The summed E-state index contributed by atoms with van der Waals surface area (Å²) in [7, 11) is 1.44. The summed E-state index contributed by atoms with van der Waals surface area (Å²) in [4.78, 5) is 22.8. The summed E-state index contributed by atoms with van der Waals surface area (Å²) in [6.07, 6.45) is 3.81. The van der Waals surface area contributed by atoms with Crippen LogP contribution < -0.4 is 9.64 Å². The van der Waals surface area contributed by atoms with Gasteiger partial charge in [-0.1, -0.05) is 18.2 Å². The average molecular weight is 339 g/mol. The Morgan fingerprint density at radius 2 is 2.24 bits per heavy atom. The number of aromatic nitrogens is 2. The average Bonchev–Trinajstić information content (AvgIpc) is 3.00. The maximum atomic E-state index is 11.5. The molecule has 1 aromatic carbocycles. The highest BCUT2D eigenvalue weighted by molar-refractivity contribution is 5.69. The summed E-state index contributed by atoms with van der Waals surface area (Å²) in [6.45, 7) is 2.18. The minimum atomic E-state index is -0.143. The predicted octanol–water partition coefficient (Wildman–Crippen LogP) is 2.35. The smallest absolute Gasteiger partial charge is 0.305 e. The fourth-order valence-corrected chi connectivity index (χ4v) is 3.65. The van der Waals surface area contributed by atoms with E-state index in [1.807, 2.05) is 18.2 Å². The third kappa shape index (κ3) is 3.16. The van der Waals surface area contributed by atoms with Crippen molar-refractivity contribution in [3.63, 3.8) is 0 Å². The molecule has 130 valence electrons. The van der Waals surface area contributed by atoms with E-state index < -0.39 is 0 Å². The van der Waals surface area contributed by atoms with Crippen LogP contribution in [0.5, 0.6) is 5.75 Å². The minimum Gasteiger partial charge on any atom is -0.487 e. The zero-order chi connectivity index (χ0) is 17.2. The molecule has 3 heterocycles. The van der Waals surface area contributed by atoms with Gasteiger partial charge in [-0.2, -0.15) is 0 Å². The fraction of sp³-hybridized carbons (Fsp3) is 0.421. The first-order chi connectivity index (χ1) is 12.2. The number of hydrogen-bond donors (Lipinski definition) is 0. The van der Waals surface area contributed by atoms with E-state index in [9.17, 15) is 4.79 Å². The van der Waals surface area contributed by atoms with E-state index >= 15 is 0 Å². The number of nitrogens with zero attached hydrogens (tertiary/aromatic N) is 3. The van der Waals surface area contributed by atoms with E-state index in [1.165, 1.54) is 7.11 Å². The second kappa shape index (κ2) is 6.70. The Morgan fingerprint density at radius 3 is 3.12 bits per heavy atom. The van der Waals surface area contributed by atoms with Gasteiger partial charge in [-0.05, 0) is 24.0 Å². The first-order valence-corrected chi connectivity index (χ1v) is 8.60. The number of benzene rings is 1. The minimum absolute atomic E-state index is 0.143. The van der Waals surface area contributed by atoms with Gasteiger partial charge in [-0.3, -0.25) is 4.79 Å². The van der Waals surface area contributed by atoms with Gasteiger partial charge >= 0.3 is 5.97 Å². The number of anilines is 1. The molecule has 0 unspecified atom stereocenters. The van der Waals surface area contributed by atoms with Crippen LogP contribution >= 0.6 is 0 Å². The number of para-hydroxylation sites is 1. The highest BCUT2D eigenvalue weighted by Gasteiger charge is 2.29. The molecular weight excluding hydrogens is 318 g/mol. The van der Waals surface area contributed by atoms with Crippen LogP contribution in [0.15, 0.2) is 30.6 Å². The number of methoxy groups -OCH3 is 1. The molecule has 0 N–H and O–H groups in total. The van der Waals surface area contributed by atoms with Gasteiger partial charge in [0, 0.05) is 25.1 Å². The lowest BCUT2D eigenvalue weighted by molar-refractivity contribution is -0.141. The van der Waals surface area contributed by atoms with Crippen molar-refractivity contribution in [3.8, 4) is 5.75 Å². The number of rotatable bonds is 3. The van der Waals surface area contributed by atoms with Crippen molar-refractivity contribution >= 4 is 11.8 Å². The summed E-state index contributed by atoms with van der Waals surface area (Å²) in [5.41, 5.74) is 3.23. The van der Waals surface area contributed by atoms with E-state index in [0.29, 0.717) is 18.9 Å². The van der Waals surface area contributed by atoms with E-state index in [4.69, 9.17) is 9.47 Å². The summed E-state index contributed by atoms with van der Waals surface area (Å²) >= 11 is 0. The van der Waals surface area contributed by atoms with Crippen LogP contribution in [-0.2, 0) is 22.6 Å². The number of carbonyl (C=O) groups excluding carboxylic acids is 1. The Kier molecular flexibility index (Phi) is 4.26. The zero-order valence-electron chi connectivity index (χ0n) is 14.3. The van der Waals surface area contributed by atoms with Crippen LogP contribution in [0.4, 0.5) is 5.82 Å². The molecule has 1 saturated heterocycles. The number of carbonyl (C=O) groups is 1. The lowest BCUT2D eigenvalue weighted by Crippen LogP contribution is -2.24. The standard InChI is InChI=1S/C19H21N3O3/c1-24-18(23)8-13-6-7-22(10-13)19-15-9-14-4-2-3-5-17(14)25-11-16(15)20-12-21-19/h2-5,12-13H,6-11H2,1H3/t13-/m1/s1. The van der Waals surface area contributed by atoms with Gasteiger partial charge in [0.2, 0.25) is 0 Å². The summed E-state index contributed by atoms with van der Waals surface area (Å²) in [6, 6.07) is 8.10. The molecular formula is C19H21N3O3. The van der Waals surface area contributed by atoms with Gasteiger partial charge in [0.25, 0.3) is 0 Å². The first kappa shape index (κ1) is 15.9. The van der Waals surface area contributed by atoms with Crippen molar-refractivity contribution in [2.45, 2.75) is 25.9 Å². The van der Waals surface area contributed by atoms with E-state index in [1.54, 1.807) is 6.33 Å². The van der Waals surface area contributed by atoms with Crippen LogP contribution in [0, 0.1) is 5.92 Å². The summed E-state index contributed by atoms with van der Waals surface area (Å²) in [5.74, 6) is 2.05. The molecule has 1 atom stereocenters. The molecule has 0 aliphatic carbocycles. The maximum Gasteiger partial charge on any atom is 0.305 e. The molecule has 6 nitrogen and oxygen atoms in total. The largest absolute Gasteiger partial charge is 0.487 e. The van der Waals surface area contributed by atoms with Gasteiger partial charge in [0.05, 0.1) is 19.2 Å². The van der Waals surface area contributed by atoms with Gasteiger partial charge in [-0.15, -0.1) is 0 Å². The van der Waals surface area contributed by atoms with Gasteiger partial charge in [0.1, 0.15) is 24.5 Å². The number of ether oxygens (including phenoxy) is 2. The third-order valence-corrected chi connectivity index (χ3v) is 4.98. The lowest BCUT2D eigenvalue weighted by Gasteiger charge is -2.21. The Balaban J connectivity index is 1.60. The van der Waals surface area contributed by atoms with Gasteiger partial charge < -0.3 is 14.4 Å². The van der Waals surface area contributed by atoms with Crippen LogP contribution in [0.3, 0.4) is 0 Å².